The molecule has 1 aliphatic rings. The Balaban J connectivity index is 2.04. The van der Waals surface area contributed by atoms with Crippen LogP contribution in [0.1, 0.15) is 42.5 Å². The minimum absolute atomic E-state index is 0.000398. The Kier molecular flexibility index (Phi) is 4.15. The number of aromatic hydroxyl groups is 1. The van der Waals surface area contributed by atoms with Crippen LogP contribution in [-0.2, 0) is 0 Å². The molecule has 2 atom stereocenters. The van der Waals surface area contributed by atoms with Crippen LogP contribution in [0.3, 0.4) is 0 Å². The fourth-order valence-electron chi connectivity index (χ4n) is 2.34. The lowest BCUT2D eigenvalue weighted by Crippen LogP contribution is -2.46. The molecule has 1 aromatic heterocycles. The van der Waals surface area contributed by atoms with Crippen molar-refractivity contribution in [3.63, 3.8) is 0 Å². The number of hydrogen-bond acceptors (Lipinski definition) is 4. The normalized spacial score (nSPS) is 24.3. The first-order valence-electron chi connectivity index (χ1n) is 6.38. The van der Waals surface area contributed by atoms with Gasteiger partial charge in [-0.05, 0) is 18.9 Å². The fraction of sp³-hybridized carbons (Fsp3) is 0.538. The Morgan fingerprint density at radius 3 is 2.94 bits per heavy atom. The van der Waals surface area contributed by atoms with Gasteiger partial charge in [-0.3, -0.25) is 9.78 Å². The van der Waals surface area contributed by atoms with Crippen LogP contribution in [0, 0.1) is 0 Å². The predicted molar refractivity (Wildman–Crippen MR) is 68.2 cm³/mol. The minimum Gasteiger partial charge on any atom is -0.505 e. The summed E-state index contributed by atoms with van der Waals surface area (Å²) in [5.74, 6) is -0.380. The number of aromatic nitrogens is 1. The third kappa shape index (κ3) is 2.98. The van der Waals surface area contributed by atoms with E-state index in [9.17, 15) is 9.90 Å². The molecule has 2 unspecified atom stereocenters. The van der Waals surface area contributed by atoms with E-state index in [0.717, 1.165) is 25.7 Å². The molecule has 1 heterocycles. The van der Waals surface area contributed by atoms with Gasteiger partial charge in [-0.1, -0.05) is 19.3 Å². The first kappa shape index (κ1) is 12.8. The van der Waals surface area contributed by atoms with E-state index in [4.69, 9.17) is 5.73 Å². The van der Waals surface area contributed by atoms with Crippen molar-refractivity contribution in [1.29, 1.82) is 0 Å². The topological polar surface area (TPSA) is 88.2 Å². The fourth-order valence-corrected chi connectivity index (χ4v) is 2.34. The van der Waals surface area contributed by atoms with Gasteiger partial charge in [0, 0.05) is 18.3 Å². The summed E-state index contributed by atoms with van der Waals surface area (Å²) in [6.07, 6.45) is 7.96. The quantitative estimate of drug-likeness (QED) is 0.687. The van der Waals surface area contributed by atoms with E-state index < -0.39 is 0 Å². The molecular weight excluding hydrogens is 230 g/mol. The van der Waals surface area contributed by atoms with Gasteiger partial charge in [-0.25, -0.2) is 0 Å². The van der Waals surface area contributed by atoms with Crippen LogP contribution in [0.4, 0.5) is 0 Å². The summed E-state index contributed by atoms with van der Waals surface area (Å²) in [6.45, 7) is 0. The SMILES string of the molecule is NC1CCCCCC1NC(=O)c1ccncc1O. The maximum atomic E-state index is 12.0. The zero-order valence-electron chi connectivity index (χ0n) is 10.3. The molecule has 0 saturated heterocycles. The number of pyridine rings is 1. The van der Waals surface area contributed by atoms with Crippen molar-refractivity contribution in [1.82, 2.24) is 10.3 Å². The van der Waals surface area contributed by atoms with Gasteiger partial charge in [0.1, 0.15) is 5.75 Å². The molecule has 0 spiro atoms. The highest BCUT2D eigenvalue weighted by Crippen LogP contribution is 2.19. The van der Waals surface area contributed by atoms with Gasteiger partial charge >= 0.3 is 0 Å². The summed E-state index contributed by atoms with van der Waals surface area (Å²) in [4.78, 5) is 15.8. The Labute approximate surface area is 106 Å². The molecule has 18 heavy (non-hydrogen) atoms. The number of amides is 1. The molecule has 98 valence electrons. The van der Waals surface area contributed by atoms with Crippen LogP contribution in [-0.4, -0.2) is 28.1 Å². The molecule has 0 aliphatic heterocycles. The summed E-state index contributed by atoms with van der Waals surface area (Å²) >= 11 is 0. The van der Waals surface area contributed by atoms with E-state index in [1.807, 2.05) is 0 Å². The highest BCUT2D eigenvalue weighted by Gasteiger charge is 2.23. The molecule has 0 bridgehead atoms. The highest BCUT2D eigenvalue weighted by atomic mass is 16.3. The van der Waals surface area contributed by atoms with Gasteiger partial charge in [-0.15, -0.1) is 0 Å². The predicted octanol–water partition coefficient (Wildman–Crippen LogP) is 1.18. The Bertz CT molecular complexity index is 422. The minimum atomic E-state index is -0.280. The Hall–Kier alpha value is -1.62. The van der Waals surface area contributed by atoms with Crippen molar-refractivity contribution in [2.45, 2.75) is 44.2 Å². The smallest absolute Gasteiger partial charge is 0.255 e. The first-order valence-corrected chi connectivity index (χ1v) is 6.38. The number of nitrogens with zero attached hydrogens (tertiary/aromatic N) is 1. The Morgan fingerprint density at radius 1 is 1.39 bits per heavy atom. The molecule has 4 N–H and O–H groups in total. The largest absolute Gasteiger partial charge is 0.505 e. The molecule has 1 aromatic rings. The average Bonchev–Trinajstić information content (AvgIpc) is 2.55. The van der Waals surface area contributed by atoms with Gasteiger partial charge < -0.3 is 16.2 Å². The molecule has 5 nitrogen and oxygen atoms in total. The zero-order valence-corrected chi connectivity index (χ0v) is 10.3. The van der Waals surface area contributed by atoms with Crippen molar-refractivity contribution in [2.75, 3.05) is 0 Å². The summed E-state index contributed by atoms with van der Waals surface area (Å²) in [5.41, 5.74) is 6.31. The number of nitrogens with one attached hydrogen (secondary N) is 1. The molecule has 1 amide bonds. The van der Waals surface area contributed by atoms with Crippen molar-refractivity contribution in [2.24, 2.45) is 5.73 Å². The van der Waals surface area contributed by atoms with Crippen LogP contribution in [0.25, 0.3) is 0 Å². The van der Waals surface area contributed by atoms with E-state index in [1.165, 1.54) is 24.9 Å². The molecule has 5 heteroatoms. The summed E-state index contributed by atoms with van der Waals surface area (Å²) in [6, 6.07) is 1.50. The van der Waals surface area contributed by atoms with Gasteiger partial charge in [-0.2, -0.15) is 0 Å². The lowest BCUT2D eigenvalue weighted by atomic mass is 10.0. The van der Waals surface area contributed by atoms with Crippen LogP contribution >= 0.6 is 0 Å². The second kappa shape index (κ2) is 5.82. The molecule has 1 fully saturated rings. The van der Waals surface area contributed by atoms with Crippen molar-refractivity contribution < 1.29 is 9.90 Å². The Morgan fingerprint density at radius 2 is 2.17 bits per heavy atom. The monoisotopic (exact) mass is 249 g/mol. The zero-order chi connectivity index (χ0) is 13.0. The van der Waals surface area contributed by atoms with Crippen LogP contribution in [0.5, 0.6) is 5.75 Å². The third-order valence-corrected chi connectivity index (χ3v) is 3.43. The number of nitrogens with two attached hydrogens (primary N) is 1. The van der Waals surface area contributed by atoms with Gasteiger partial charge in [0.2, 0.25) is 0 Å². The van der Waals surface area contributed by atoms with E-state index in [-0.39, 0.29) is 29.3 Å². The second-order valence-corrected chi connectivity index (χ2v) is 4.77. The number of carbonyl (C=O) groups is 1. The van der Waals surface area contributed by atoms with Gasteiger partial charge in [0.15, 0.2) is 0 Å². The van der Waals surface area contributed by atoms with Gasteiger partial charge in [0.25, 0.3) is 5.91 Å². The van der Waals surface area contributed by atoms with Crippen molar-refractivity contribution in [3.05, 3.63) is 24.0 Å². The van der Waals surface area contributed by atoms with E-state index in [2.05, 4.69) is 10.3 Å². The maximum Gasteiger partial charge on any atom is 0.255 e. The standard InChI is InChI=1S/C13H19N3O2/c14-10-4-2-1-3-5-11(10)16-13(18)9-6-7-15-8-12(9)17/h6-8,10-11,17H,1-5,14H2,(H,16,18). The molecular formula is C13H19N3O2. The average molecular weight is 249 g/mol. The second-order valence-electron chi connectivity index (χ2n) is 4.77. The molecule has 0 aromatic carbocycles. The number of hydrogen-bond donors (Lipinski definition) is 3. The van der Waals surface area contributed by atoms with Crippen LogP contribution in [0.15, 0.2) is 18.5 Å². The lowest BCUT2D eigenvalue weighted by molar-refractivity contribution is 0.0926. The van der Waals surface area contributed by atoms with Crippen molar-refractivity contribution in [3.8, 4) is 5.75 Å². The molecule has 1 aliphatic carbocycles. The highest BCUT2D eigenvalue weighted by molar-refractivity contribution is 5.96. The molecule has 0 radical (unpaired) electrons. The van der Waals surface area contributed by atoms with Crippen LogP contribution < -0.4 is 11.1 Å². The molecule has 1 saturated carbocycles. The first-order chi connectivity index (χ1) is 8.68. The third-order valence-electron chi connectivity index (χ3n) is 3.43. The summed E-state index contributed by atoms with van der Waals surface area (Å²) in [7, 11) is 0. The van der Waals surface area contributed by atoms with E-state index in [1.54, 1.807) is 0 Å². The lowest BCUT2D eigenvalue weighted by Gasteiger charge is -2.22. The van der Waals surface area contributed by atoms with Gasteiger partial charge in [0.05, 0.1) is 11.8 Å². The van der Waals surface area contributed by atoms with Crippen molar-refractivity contribution >= 4 is 5.91 Å². The van der Waals surface area contributed by atoms with E-state index in [0.29, 0.717) is 0 Å². The van der Waals surface area contributed by atoms with Crippen LogP contribution in [0.2, 0.25) is 0 Å². The number of carbonyl (C=O) groups excluding carboxylic acids is 1. The number of rotatable bonds is 2. The summed E-state index contributed by atoms with van der Waals surface area (Å²) < 4.78 is 0. The van der Waals surface area contributed by atoms with E-state index >= 15 is 0 Å². The molecule has 2 rings (SSSR count). The summed E-state index contributed by atoms with van der Waals surface area (Å²) in [5, 5.41) is 12.5. The maximum absolute atomic E-state index is 12.0.